The molecular weight excluding hydrogens is 349 g/mol. The third-order valence-corrected chi connectivity index (χ3v) is 3.43. The molecule has 3 nitrogen and oxygen atoms in total. The van der Waals surface area contributed by atoms with Crippen molar-refractivity contribution in [1.29, 1.82) is 0 Å². The Balaban J connectivity index is 2.35. The molecular formula is C14H12BrClFNO2. The van der Waals surface area contributed by atoms with Crippen LogP contribution in [0.3, 0.4) is 0 Å². The average Bonchev–Trinajstić information content (AvgIpc) is 2.40. The second kappa shape index (κ2) is 6.33. The number of hydrogen-bond acceptors (Lipinski definition) is 3. The molecule has 20 heavy (non-hydrogen) atoms. The van der Waals surface area contributed by atoms with E-state index in [2.05, 4.69) is 15.9 Å². The molecule has 0 aliphatic carbocycles. The molecule has 0 aromatic heterocycles. The first kappa shape index (κ1) is 14.9. The fraction of sp³-hybridized carbons (Fsp3) is 0.143. The van der Waals surface area contributed by atoms with Crippen LogP contribution < -0.4 is 15.2 Å². The molecule has 0 radical (unpaired) electrons. The van der Waals surface area contributed by atoms with Crippen molar-refractivity contribution >= 4 is 33.2 Å². The molecule has 0 bridgehead atoms. The lowest BCUT2D eigenvalue weighted by atomic mass is 10.2. The highest BCUT2D eigenvalue weighted by molar-refractivity contribution is 9.10. The minimum absolute atomic E-state index is 0.0141. The number of para-hydroxylation sites is 1. The van der Waals surface area contributed by atoms with E-state index in [4.69, 9.17) is 26.8 Å². The Hall–Kier alpha value is -1.46. The largest absolute Gasteiger partial charge is 0.492 e. The molecule has 0 spiro atoms. The quantitative estimate of drug-likeness (QED) is 0.615. The van der Waals surface area contributed by atoms with E-state index in [1.165, 1.54) is 12.1 Å². The zero-order chi connectivity index (χ0) is 14.7. The Morgan fingerprint density at radius 1 is 1.25 bits per heavy atom. The summed E-state index contributed by atoms with van der Waals surface area (Å²) in [5.74, 6) is 0.630. The molecule has 2 N–H and O–H groups in total. The fourth-order valence-electron chi connectivity index (χ4n) is 1.60. The Labute approximate surface area is 129 Å². The zero-order valence-electron chi connectivity index (χ0n) is 10.6. The maximum Gasteiger partial charge on any atom is 0.154 e. The summed E-state index contributed by atoms with van der Waals surface area (Å²) < 4.78 is 25.0. The number of ether oxygens (including phenoxy) is 2. The van der Waals surface area contributed by atoms with Crippen LogP contribution in [0.1, 0.15) is 6.92 Å². The van der Waals surface area contributed by atoms with Gasteiger partial charge in [-0.25, -0.2) is 4.39 Å². The number of rotatable bonds is 4. The van der Waals surface area contributed by atoms with Crippen LogP contribution in [0, 0.1) is 5.82 Å². The van der Waals surface area contributed by atoms with Crippen molar-refractivity contribution < 1.29 is 13.9 Å². The van der Waals surface area contributed by atoms with Crippen molar-refractivity contribution in [3.05, 3.63) is 45.6 Å². The Morgan fingerprint density at radius 2 is 1.95 bits per heavy atom. The predicted octanol–water partition coefficient (Wildman–Crippen LogP) is 5.01. The number of halogens is 3. The molecule has 0 aliphatic rings. The first-order chi connectivity index (χ1) is 9.52. The Kier molecular flexibility index (Phi) is 4.73. The van der Waals surface area contributed by atoms with Crippen LogP contribution in [0.25, 0.3) is 0 Å². The number of hydrogen-bond donors (Lipinski definition) is 1. The maximum absolute atomic E-state index is 13.5. The van der Waals surface area contributed by atoms with Crippen molar-refractivity contribution in [1.82, 2.24) is 0 Å². The van der Waals surface area contributed by atoms with Crippen LogP contribution in [-0.2, 0) is 0 Å². The summed E-state index contributed by atoms with van der Waals surface area (Å²) in [5, 5.41) is 0.0141. The molecule has 106 valence electrons. The molecule has 2 aromatic carbocycles. The smallest absolute Gasteiger partial charge is 0.154 e. The normalized spacial score (nSPS) is 10.4. The van der Waals surface area contributed by atoms with E-state index < -0.39 is 5.82 Å². The second-order valence-electron chi connectivity index (χ2n) is 3.90. The van der Waals surface area contributed by atoms with Gasteiger partial charge in [0, 0.05) is 6.07 Å². The lowest BCUT2D eigenvalue weighted by Gasteiger charge is -2.13. The molecule has 0 amide bonds. The van der Waals surface area contributed by atoms with Gasteiger partial charge in [0.1, 0.15) is 23.0 Å². The van der Waals surface area contributed by atoms with Gasteiger partial charge in [0.2, 0.25) is 0 Å². The molecule has 0 fully saturated rings. The number of benzene rings is 2. The summed E-state index contributed by atoms with van der Waals surface area (Å²) >= 11 is 8.95. The van der Waals surface area contributed by atoms with Gasteiger partial charge in [-0.1, -0.05) is 17.7 Å². The van der Waals surface area contributed by atoms with Crippen molar-refractivity contribution in [2.75, 3.05) is 12.3 Å². The lowest BCUT2D eigenvalue weighted by Crippen LogP contribution is -1.99. The van der Waals surface area contributed by atoms with Gasteiger partial charge >= 0.3 is 0 Å². The topological polar surface area (TPSA) is 44.5 Å². The summed E-state index contributed by atoms with van der Waals surface area (Å²) in [6.07, 6.45) is 0. The molecule has 0 saturated carbocycles. The van der Waals surface area contributed by atoms with Crippen LogP contribution in [0.5, 0.6) is 17.2 Å². The van der Waals surface area contributed by atoms with Gasteiger partial charge in [-0.05, 0) is 41.1 Å². The van der Waals surface area contributed by atoms with Crippen molar-refractivity contribution in [3.63, 3.8) is 0 Å². The highest BCUT2D eigenvalue weighted by Crippen LogP contribution is 2.38. The second-order valence-corrected chi connectivity index (χ2v) is 5.16. The molecule has 2 aromatic rings. The van der Waals surface area contributed by atoms with Crippen LogP contribution in [0.4, 0.5) is 10.1 Å². The minimum Gasteiger partial charge on any atom is -0.492 e. The molecule has 0 saturated heterocycles. The van der Waals surface area contributed by atoms with Crippen molar-refractivity contribution in [2.24, 2.45) is 0 Å². The Morgan fingerprint density at radius 3 is 2.65 bits per heavy atom. The fourth-order valence-corrected chi connectivity index (χ4v) is 2.32. The van der Waals surface area contributed by atoms with Gasteiger partial charge in [-0.2, -0.15) is 0 Å². The zero-order valence-corrected chi connectivity index (χ0v) is 13.0. The molecule has 0 aliphatic heterocycles. The van der Waals surface area contributed by atoms with Crippen LogP contribution in [0.15, 0.2) is 34.8 Å². The third kappa shape index (κ3) is 3.16. The highest BCUT2D eigenvalue weighted by atomic mass is 79.9. The third-order valence-electron chi connectivity index (χ3n) is 2.52. The van der Waals surface area contributed by atoms with E-state index in [1.54, 1.807) is 18.2 Å². The summed E-state index contributed by atoms with van der Waals surface area (Å²) in [4.78, 5) is 0. The minimum atomic E-state index is -0.565. The Bertz CT molecular complexity index is 637. The van der Waals surface area contributed by atoms with Crippen LogP contribution >= 0.6 is 27.5 Å². The van der Waals surface area contributed by atoms with Gasteiger partial charge in [-0.3, -0.25) is 0 Å². The van der Waals surface area contributed by atoms with E-state index in [1.807, 2.05) is 6.92 Å². The van der Waals surface area contributed by atoms with Crippen LogP contribution in [-0.4, -0.2) is 6.61 Å². The summed E-state index contributed by atoms with van der Waals surface area (Å²) in [7, 11) is 0. The SMILES string of the molecule is CCOc1cccc(Oc2cc(F)c(Cl)cc2Br)c1N. The van der Waals surface area contributed by atoms with Gasteiger partial charge in [0.25, 0.3) is 0 Å². The molecule has 0 atom stereocenters. The molecule has 0 unspecified atom stereocenters. The van der Waals surface area contributed by atoms with E-state index in [0.29, 0.717) is 28.3 Å². The van der Waals surface area contributed by atoms with Gasteiger partial charge in [0.05, 0.1) is 16.1 Å². The van der Waals surface area contributed by atoms with E-state index in [-0.39, 0.29) is 10.8 Å². The molecule has 2 rings (SSSR count). The standard InChI is InChI=1S/C14H12BrClFNO2/c1-2-19-11-4-3-5-12(14(11)18)20-13-7-10(17)9(16)6-8(13)15/h3-7H,2,18H2,1H3. The van der Waals surface area contributed by atoms with Gasteiger partial charge < -0.3 is 15.2 Å². The summed E-state index contributed by atoms with van der Waals surface area (Å²) in [6.45, 7) is 2.35. The van der Waals surface area contributed by atoms with Crippen molar-refractivity contribution in [2.45, 2.75) is 6.92 Å². The first-order valence-corrected chi connectivity index (χ1v) is 7.03. The van der Waals surface area contributed by atoms with E-state index >= 15 is 0 Å². The van der Waals surface area contributed by atoms with E-state index in [9.17, 15) is 4.39 Å². The maximum atomic E-state index is 13.5. The van der Waals surface area contributed by atoms with Crippen molar-refractivity contribution in [3.8, 4) is 17.2 Å². The lowest BCUT2D eigenvalue weighted by molar-refractivity contribution is 0.340. The van der Waals surface area contributed by atoms with Crippen LogP contribution in [0.2, 0.25) is 5.02 Å². The summed E-state index contributed by atoms with van der Waals surface area (Å²) in [6, 6.07) is 7.78. The monoisotopic (exact) mass is 359 g/mol. The predicted molar refractivity (Wildman–Crippen MR) is 81.2 cm³/mol. The van der Waals surface area contributed by atoms with Gasteiger partial charge in [0.15, 0.2) is 5.75 Å². The number of nitrogens with two attached hydrogens (primary N) is 1. The highest BCUT2D eigenvalue weighted by Gasteiger charge is 2.12. The average molecular weight is 361 g/mol. The molecule has 0 heterocycles. The van der Waals surface area contributed by atoms with E-state index in [0.717, 1.165) is 0 Å². The summed E-state index contributed by atoms with van der Waals surface area (Å²) in [5.41, 5.74) is 6.31. The first-order valence-electron chi connectivity index (χ1n) is 5.86. The van der Waals surface area contributed by atoms with Gasteiger partial charge in [-0.15, -0.1) is 0 Å². The number of anilines is 1. The molecule has 6 heteroatoms. The number of nitrogen functional groups attached to an aromatic ring is 1.